The molecule has 28 heavy (non-hydrogen) atoms. The normalized spacial score (nSPS) is 21.8. The summed E-state index contributed by atoms with van der Waals surface area (Å²) in [7, 11) is -3.98. The van der Waals surface area contributed by atoms with E-state index in [-0.39, 0.29) is 13.2 Å². The predicted molar refractivity (Wildman–Crippen MR) is 105 cm³/mol. The lowest BCUT2D eigenvalue weighted by Crippen LogP contribution is -2.33. The van der Waals surface area contributed by atoms with E-state index in [9.17, 15) is 14.2 Å². The minimum atomic E-state index is -3.98. The molecule has 1 aliphatic heterocycles. The molecule has 2 rings (SSSR count). The van der Waals surface area contributed by atoms with Gasteiger partial charge in [0.15, 0.2) is 6.23 Å². The molecule has 1 aliphatic rings. The number of halogens is 3. The standard InChI is InChI=1S/C15H20Cl3N2O7P/c1-3-6-24-28(23,26-9-15(16,17)18)25-8-11-4-5-12(27-11)20-7-10(2)13(21)19-14(20)22/h4-5,7,11-12H,3,6,8-9H2,1-2H3,(H,19,21,22). The summed E-state index contributed by atoms with van der Waals surface area (Å²) >= 11 is 16.8. The molecule has 2 heterocycles. The van der Waals surface area contributed by atoms with Crippen molar-refractivity contribution in [3.63, 3.8) is 0 Å². The quantitative estimate of drug-likeness (QED) is 0.330. The number of aryl methyl sites for hydroxylation is 1. The molecule has 0 aromatic carbocycles. The van der Waals surface area contributed by atoms with E-state index in [2.05, 4.69) is 4.98 Å². The summed E-state index contributed by atoms with van der Waals surface area (Å²) in [6, 6.07) is 0. The summed E-state index contributed by atoms with van der Waals surface area (Å²) in [5.74, 6) is 0. The van der Waals surface area contributed by atoms with Crippen molar-refractivity contribution < 1.29 is 22.9 Å². The Kier molecular flexibility index (Phi) is 8.37. The number of phosphoric ester groups is 1. The molecule has 9 nitrogen and oxygen atoms in total. The average molecular weight is 478 g/mol. The number of nitrogens with one attached hydrogen (secondary N) is 1. The summed E-state index contributed by atoms with van der Waals surface area (Å²) in [6.07, 6.45) is 3.79. The highest BCUT2D eigenvalue weighted by molar-refractivity contribution is 7.48. The number of aromatic nitrogens is 2. The van der Waals surface area contributed by atoms with Gasteiger partial charge >= 0.3 is 13.5 Å². The lowest BCUT2D eigenvalue weighted by molar-refractivity contribution is -0.0148. The molecule has 0 bridgehead atoms. The van der Waals surface area contributed by atoms with E-state index in [0.29, 0.717) is 12.0 Å². The monoisotopic (exact) mass is 476 g/mol. The minimum absolute atomic E-state index is 0.118. The summed E-state index contributed by atoms with van der Waals surface area (Å²) in [5, 5.41) is 0. The van der Waals surface area contributed by atoms with E-state index in [4.69, 9.17) is 53.1 Å². The number of phosphoric acid groups is 1. The maximum Gasteiger partial charge on any atom is 0.475 e. The fraction of sp³-hybridized carbons (Fsp3) is 0.600. The Morgan fingerprint density at radius 2 is 1.96 bits per heavy atom. The fourth-order valence-electron chi connectivity index (χ4n) is 2.15. The maximum atomic E-state index is 12.6. The lowest BCUT2D eigenvalue weighted by atomic mass is 10.3. The largest absolute Gasteiger partial charge is 0.475 e. The van der Waals surface area contributed by atoms with Gasteiger partial charge in [0.05, 0.1) is 13.2 Å². The van der Waals surface area contributed by atoms with Crippen molar-refractivity contribution in [3.8, 4) is 0 Å². The van der Waals surface area contributed by atoms with E-state index >= 15 is 0 Å². The van der Waals surface area contributed by atoms with E-state index < -0.39 is 41.8 Å². The highest BCUT2D eigenvalue weighted by Crippen LogP contribution is 2.51. The van der Waals surface area contributed by atoms with Crippen molar-refractivity contribution in [1.82, 2.24) is 9.55 Å². The van der Waals surface area contributed by atoms with E-state index in [0.717, 1.165) is 0 Å². The van der Waals surface area contributed by atoms with Gasteiger partial charge in [0.25, 0.3) is 5.56 Å². The average Bonchev–Trinajstić information content (AvgIpc) is 3.08. The Hall–Kier alpha value is -0.640. The molecule has 1 aromatic rings. The second-order valence-electron chi connectivity index (χ2n) is 5.89. The zero-order valence-corrected chi connectivity index (χ0v) is 18.3. The Morgan fingerprint density at radius 1 is 1.25 bits per heavy atom. The van der Waals surface area contributed by atoms with Crippen LogP contribution in [0.25, 0.3) is 0 Å². The number of nitrogens with zero attached hydrogens (tertiary/aromatic N) is 1. The molecule has 0 aliphatic carbocycles. The second-order valence-corrected chi connectivity index (χ2v) is 10.1. The van der Waals surface area contributed by atoms with Crippen LogP contribution in [-0.4, -0.2) is 39.3 Å². The molecule has 0 radical (unpaired) electrons. The van der Waals surface area contributed by atoms with Crippen LogP contribution in [0.4, 0.5) is 0 Å². The number of aromatic amines is 1. The van der Waals surface area contributed by atoms with Crippen molar-refractivity contribution in [2.75, 3.05) is 19.8 Å². The molecule has 158 valence electrons. The first-order chi connectivity index (χ1) is 13.0. The molecule has 1 aromatic heterocycles. The first-order valence-corrected chi connectivity index (χ1v) is 10.9. The Morgan fingerprint density at radius 3 is 2.61 bits per heavy atom. The van der Waals surface area contributed by atoms with Crippen LogP contribution in [0.5, 0.6) is 0 Å². The van der Waals surface area contributed by atoms with Crippen molar-refractivity contribution in [1.29, 1.82) is 0 Å². The number of alkyl halides is 3. The Balaban J connectivity index is 1.99. The van der Waals surface area contributed by atoms with Gasteiger partial charge in [-0.05, 0) is 19.4 Å². The third kappa shape index (κ3) is 7.00. The van der Waals surface area contributed by atoms with Gasteiger partial charge in [-0.3, -0.25) is 27.9 Å². The zero-order valence-electron chi connectivity index (χ0n) is 15.1. The molecule has 0 amide bonds. The smallest absolute Gasteiger partial charge is 0.344 e. The van der Waals surface area contributed by atoms with Crippen LogP contribution in [-0.2, 0) is 22.9 Å². The minimum Gasteiger partial charge on any atom is -0.344 e. The van der Waals surface area contributed by atoms with Gasteiger partial charge in [-0.2, -0.15) is 0 Å². The number of H-pyrrole nitrogens is 1. The Labute approximate surface area is 176 Å². The highest BCUT2D eigenvalue weighted by atomic mass is 35.6. The highest BCUT2D eigenvalue weighted by Gasteiger charge is 2.33. The fourth-order valence-corrected chi connectivity index (χ4v) is 3.85. The van der Waals surface area contributed by atoms with Crippen LogP contribution in [0.1, 0.15) is 25.1 Å². The van der Waals surface area contributed by atoms with Crippen LogP contribution >= 0.6 is 42.6 Å². The maximum absolute atomic E-state index is 12.6. The second kappa shape index (κ2) is 9.91. The van der Waals surface area contributed by atoms with Crippen molar-refractivity contribution in [2.24, 2.45) is 0 Å². The zero-order chi connectivity index (χ0) is 20.9. The van der Waals surface area contributed by atoms with E-state index in [1.165, 1.54) is 10.8 Å². The lowest BCUT2D eigenvalue weighted by Gasteiger charge is -2.22. The molecule has 0 spiro atoms. The SMILES string of the molecule is CCCOP(=O)(OCC1C=CC(n2cc(C)c(=O)[nH]c2=O)O1)OCC(Cl)(Cl)Cl. The molecule has 0 saturated heterocycles. The summed E-state index contributed by atoms with van der Waals surface area (Å²) in [6.45, 7) is 2.82. The number of rotatable bonds is 9. The summed E-state index contributed by atoms with van der Waals surface area (Å²) in [4.78, 5) is 25.6. The first kappa shape index (κ1) is 23.6. The number of ether oxygens (including phenoxy) is 1. The van der Waals surface area contributed by atoms with Gasteiger partial charge in [-0.1, -0.05) is 47.8 Å². The van der Waals surface area contributed by atoms with Gasteiger partial charge in [-0.25, -0.2) is 9.36 Å². The molecule has 13 heteroatoms. The van der Waals surface area contributed by atoms with Crippen LogP contribution in [0.15, 0.2) is 27.9 Å². The van der Waals surface area contributed by atoms with Crippen LogP contribution in [0, 0.1) is 6.92 Å². The van der Waals surface area contributed by atoms with Gasteiger partial charge in [0.1, 0.15) is 12.7 Å². The molecule has 3 atom stereocenters. The molecule has 1 N–H and O–H groups in total. The van der Waals surface area contributed by atoms with Gasteiger partial charge in [0, 0.05) is 11.8 Å². The number of hydrogen-bond donors (Lipinski definition) is 1. The van der Waals surface area contributed by atoms with E-state index in [1.807, 2.05) is 6.92 Å². The number of hydrogen-bond acceptors (Lipinski definition) is 7. The van der Waals surface area contributed by atoms with Gasteiger partial charge in [0.2, 0.25) is 3.79 Å². The third-order valence-electron chi connectivity index (χ3n) is 3.46. The van der Waals surface area contributed by atoms with Crippen molar-refractivity contribution in [3.05, 3.63) is 44.8 Å². The van der Waals surface area contributed by atoms with Crippen molar-refractivity contribution >= 4 is 42.6 Å². The predicted octanol–water partition coefficient (Wildman–Crippen LogP) is 3.24. The Bertz CT molecular complexity index is 864. The molecule has 0 saturated carbocycles. The van der Waals surface area contributed by atoms with Crippen LogP contribution < -0.4 is 11.2 Å². The molecule has 0 fully saturated rings. The summed E-state index contributed by atoms with van der Waals surface area (Å²) in [5.41, 5.74) is -0.730. The van der Waals surface area contributed by atoms with Crippen molar-refractivity contribution in [2.45, 2.75) is 36.4 Å². The topological polar surface area (TPSA) is 109 Å². The molecular formula is C15H20Cl3N2O7P. The third-order valence-corrected chi connectivity index (χ3v) is 5.20. The first-order valence-electron chi connectivity index (χ1n) is 8.29. The van der Waals surface area contributed by atoms with Crippen LogP contribution in [0.2, 0.25) is 0 Å². The summed E-state index contributed by atoms with van der Waals surface area (Å²) < 4.78 is 33.2. The molecular weight excluding hydrogens is 458 g/mol. The van der Waals surface area contributed by atoms with Gasteiger partial charge < -0.3 is 4.74 Å². The van der Waals surface area contributed by atoms with Gasteiger partial charge in [-0.15, -0.1) is 0 Å². The van der Waals surface area contributed by atoms with Crippen LogP contribution in [0.3, 0.4) is 0 Å². The van der Waals surface area contributed by atoms with E-state index in [1.54, 1.807) is 19.1 Å². The molecule has 3 unspecified atom stereocenters.